The Labute approximate surface area is 107 Å². The number of imide groups is 1. The fourth-order valence-corrected chi connectivity index (χ4v) is 1.14. The van der Waals surface area contributed by atoms with Crippen LogP contribution in [0.3, 0.4) is 0 Å². The van der Waals surface area contributed by atoms with E-state index >= 15 is 0 Å². The van der Waals surface area contributed by atoms with Crippen LogP contribution in [0.15, 0.2) is 12.2 Å². The van der Waals surface area contributed by atoms with Crippen molar-refractivity contribution in [2.45, 2.75) is 33.7 Å². The summed E-state index contributed by atoms with van der Waals surface area (Å²) in [5.41, 5.74) is -0.119. The normalized spacial score (nSPS) is 13.2. The van der Waals surface area contributed by atoms with Crippen molar-refractivity contribution < 1.29 is 19.5 Å². The van der Waals surface area contributed by atoms with E-state index in [0.29, 0.717) is 6.08 Å². The van der Waals surface area contributed by atoms with E-state index in [9.17, 15) is 14.4 Å². The molecular weight excluding hydrogens is 236 g/mol. The molecule has 0 heterocycles. The lowest BCUT2D eigenvalue weighted by Crippen LogP contribution is -2.48. The van der Waals surface area contributed by atoms with Gasteiger partial charge in [-0.05, 0) is 12.3 Å². The molecule has 0 aromatic rings. The fraction of sp³-hybridized carbons (Fsp3) is 0.583. The Morgan fingerprint density at radius 2 is 1.72 bits per heavy atom. The van der Waals surface area contributed by atoms with E-state index in [4.69, 9.17) is 5.11 Å². The van der Waals surface area contributed by atoms with Crippen LogP contribution in [-0.4, -0.2) is 41.0 Å². The number of hydrogen-bond acceptors (Lipinski definition) is 3. The van der Waals surface area contributed by atoms with Crippen molar-refractivity contribution >= 4 is 17.9 Å². The Bertz CT molecular complexity index is 369. The molecule has 0 spiro atoms. The van der Waals surface area contributed by atoms with Gasteiger partial charge in [-0.3, -0.25) is 10.1 Å². The van der Waals surface area contributed by atoms with Crippen molar-refractivity contribution in [3.05, 3.63) is 12.2 Å². The van der Waals surface area contributed by atoms with Gasteiger partial charge in [0, 0.05) is 25.2 Å². The third-order valence-electron chi connectivity index (χ3n) is 2.76. The number of hydrogen-bond donors (Lipinski definition) is 2. The van der Waals surface area contributed by atoms with Gasteiger partial charge in [-0.15, -0.1) is 0 Å². The number of carboxylic acid groups (broad SMARTS) is 1. The van der Waals surface area contributed by atoms with Gasteiger partial charge in [0.1, 0.15) is 0 Å². The SMILES string of the molecule is CC(N(C)C(=O)NC(=O)/C=C/C(=O)O)C(C)(C)C. The lowest BCUT2D eigenvalue weighted by Gasteiger charge is -2.35. The molecule has 0 bridgehead atoms. The molecule has 3 amide bonds. The van der Waals surface area contributed by atoms with Crippen LogP contribution in [0.25, 0.3) is 0 Å². The van der Waals surface area contributed by atoms with Gasteiger partial charge in [0.15, 0.2) is 0 Å². The molecule has 0 aromatic heterocycles. The standard InChI is InChI=1S/C12H20N2O4/c1-8(12(2,3)4)14(5)11(18)13-9(15)6-7-10(16)17/h6-8H,1-5H3,(H,16,17)(H,13,15,18)/b7-6+. The average molecular weight is 256 g/mol. The molecule has 0 radical (unpaired) electrons. The van der Waals surface area contributed by atoms with E-state index in [2.05, 4.69) is 5.32 Å². The molecule has 0 aliphatic heterocycles. The van der Waals surface area contributed by atoms with Crippen LogP contribution in [0.1, 0.15) is 27.7 Å². The van der Waals surface area contributed by atoms with E-state index in [1.165, 1.54) is 4.90 Å². The van der Waals surface area contributed by atoms with Crippen LogP contribution < -0.4 is 5.32 Å². The monoisotopic (exact) mass is 256 g/mol. The molecule has 0 aliphatic rings. The van der Waals surface area contributed by atoms with Crippen LogP contribution in [0, 0.1) is 5.41 Å². The molecule has 1 unspecified atom stereocenters. The highest BCUT2D eigenvalue weighted by Crippen LogP contribution is 2.22. The first-order valence-electron chi connectivity index (χ1n) is 5.54. The van der Waals surface area contributed by atoms with Crippen molar-refractivity contribution in [3.63, 3.8) is 0 Å². The maximum atomic E-state index is 11.7. The number of carboxylic acids is 1. The van der Waals surface area contributed by atoms with E-state index in [0.717, 1.165) is 6.08 Å². The zero-order chi connectivity index (χ0) is 14.5. The highest BCUT2D eigenvalue weighted by Gasteiger charge is 2.27. The predicted molar refractivity (Wildman–Crippen MR) is 67.0 cm³/mol. The highest BCUT2D eigenvalue weighted by atomic mass is 16.4. The van der Waals surface area contributed by atoms with Crippen molar-refractivity contribution in [2.75, 3.05) is 7.05 Å². The Morgan fingerprint density at radius 1 is 1.22 bits per heavy atom. The minimum atomic E-state index is -1.24. The van der Waals surface area contributed by atoms with Crippen LogP contribution in [0.4, 0.5) is 4.79 Å². The molecule has 18 heavy (non-hydrogen) atoms. The molecule has 2 N–H and O–H groups in total. The van der Waals surface area contributed by atoms with Gasteiger partial charge in [0.25, 0.3) is 5.91 Å². The van der Waals surface area contributed by atoms with Crippen molar-refractivity contribution in [3.8, 4) is 0 Å². The summed E-state index contributed by atoms with van der Waals surface area (Å²) in [6.45, 7) is 7.81. The second kappa shape index (κ2) is 6.18. The van der Waals surface area contributed by atoms with Gasteiger partial charge < -0.3 is 10.0 Å². The first-order valence-corrected chi connectivity index (χ1v) is 5.54. The van der Waals surface area contributed by atoms with Gasteiger partial charge >= 0.3 is 12.0 Å². The minimum absolute atomic E-state index is 0.0752. The predicted octanol–water partition coefficient (Wildman–Crippen LogP) is 1.23. The number of nitrogens with one attached hydrogen (secondary N) is 1. The number of urea groups is 1. The van der Waals surface area contributed by atoms with Gasteiger partial charge in [-0.2, -0.15) is 0 Å². The summed E-state index contributed by atoms with van der Waals surface area (Å²) < 4.78 is 0. The summed E-state index contributed by atoms with van der Waals surface area (Å²) in [5.74, 6) is -2.00. The van der Waals surface area contributed by atoms with Crippen LogP contribution in [-0.2, 0) is 9.59 Å². The van der Waals surface area contributed by atoms with Crippen molar-refractivity contribution in [1.82, 2.24) is 10.2 Å². The van der Waals surface area contributed by atoms with Crippen LogP contribution in [0.2, 0.25) is 0 Å². The fourth-order valence-electron chi connectivity index (χ4n) is 1.14. The summed E-state index contributed by atoms with van der Waals surface area (Å²) in [5, 5.41) is 10.4. The lowest BCUT2D eigenvalue weighted by molar-refractivity contribution is -0.131. The molecule has 6 heteroatoms. The third kappa shape index (κ3) is 5.47. The van der Waals surface area contributed by atoms with Gasteiger partial charge in [0.05, 0.1) is 0 Å². The molecule has 102 valence electrons. The second-order valence-electron chi connectivity index (χ2n) is 5.12. The molecular formula is C12H20N2O4. The summed E-state index contributed by atoms with van der Waals surface area (Å²) in [6, 6.07) is -0.633. The Morgan fingerprint density at radius 3 is 2.11 bits per heavy atom. The van der Waals surface area contributed by atoms with E-state index in [1.807, 2.05) is 27.7 Å². The molecule has 6 nitrogen and oxygen atoms in total. The number of rotatable bonds is 3. The van der Waals surface area contributed by atoms with Crippen molar-refractivity contribution in [1.29, 1.82) is 0 Å². The second-order valence-corrected chi connectivity index (χ2v) is 5.12. The summed E-state index contributed by atoms with van der Waals surface area (Å²) in [6.07, 6.45) is 1.48. The first kappa shape index (κ1) is 16.1. The van der Waals surface area contributed by atoms with E-state index in [1.54, 1.807) is 7.05 Å². The molecule has 0 rings (SSSR count). The summed E-state index contributed by atoms with van der Waals surface area (Å²) >= 11 is 0. The number of nitrogens with zero attached hydrogens (tertiary/aromatic N) is 1. The van der Waals surface area contributed by atoms with E-state index in [-0.39, 0.29) is 11.5 Å². The van der Waals surface area contributed by atoms with Crippen molar-refractivity contribution in [2.24, 2.45) is 5.41 Å². The maximum Gasteiger partial charge on any atom is 0.328 e. The van der Waals surface area contributed by atoms with Crippen LogP contribution >= 0.6 is 0 Å². The van der Waals surface area contributed by atoms with Crippen LogP contribution in [0.5, 0.6) is 0 Å². The molecule has 0 aliphatic carbocycles. The topological polar surface area (TPSA) is 86.7 Å². The molecule has 0 aromatic carbocycles. The molecule has 0 saturated heterocycles. The Balaban J connectivity index is 4.50. The summed E-state index contributed by atoms with van der Waals surface area (Å²) in [4.78, 5) is 34.5. The Hall–Kier alpha value is -1.85. The third-order valence-corrected chi connectivity index (χ3v) is 2.76. The number of carbonyl (C=O) groups is 3. The maximum absolute atomic E-state index is 11.7. The molecule has 0 fully saturated rings. The van der Waals surface area contributed by atoms with Gasteiger partial charge in [0.2, 0.25) is 0 Å². The van der Waals surface area contributed by atoms with E-state index < -0.39 is 17.9 Å². The zero-order valence-corrected chi connectivity index (χ0v) is 11.4. The molecule has 1 atom stereocenters. The first-order chi connectivity index (χ1) is 8.05. The lowest BCUT2D eigenvalue weighted by atomic mass is 9.87. The molecule has 0 saturated carbocycles. The zero-order valence-electron chi connectivity index (χ0n) is 11.4. The number of carbonyl (C=O) groups excluding carboxylic acids is 2. The minimum Gasteiger partial charge on any atom is -0.478 e. The Kier molecular flexibility index (Phi) is 5.55. The number of amides is 3. The van der Waals surface area contributed by atoms with Gasteiger partial charge in [-0.25, -0.2) is 9.59 Å². The highest BCUT2D eigenvalue weighted by molar-refractivity contribution is 6.02. The summed E-state index contributed by atoms with van der Waals surface area (Å²) in [7, 11) is 1.58. The largest absolute Gasteiger partial charge is 0.478 e. The smallest absolute Gasteiger partial charge is 0.328 e. The van der Waals surface area contributed by atoms with Gasteiger partial charge in [-0.1, -0.05) is 20.8 Å². The number of aliphatic carboxylic acids is 1. The average Bonchev–Trinajstić information content (AvgIpc) is 2.22. The quantitative estimate of drug-likeness (QED) is 0.743.